The van der Waals surface area contributed by atoms with Gasteiger partial charge < -0.3 is 15.5 Å². The summed E-state index contributed by atoms with van der Waals surface area (Å²) in [6, 6.07) is 15.6. The van der Waals surface area contributed by atoms with Crippen LogP contribution in [0.1, 0.15) is 61.0 Å². The van der Waals surface area contributed by atoms with E-state index in [4.69, 9.17) is 0 Å². The van der Waals surface area contributed by atoms with Crippen LogP contribution in [0.3, 0.4) is 0 Å². The molecular formula is C24H29N3O2. The molecule has 2 fully saturated rings. The molecule has 1 heterocycles. The third-order valence-electron chi connectivity index (χ3n) is 5.80. The SMILES string of the molecule is CC(NC(=O)c1cc(NC(=O)C2CC2)ccc1N1CCCCC1)c1ccccc1. The largest absolute Gasteiger partial charge is 0.371 e. The topological polar surface area (TPSA) is 61.4 Å². The maximum absolute atomic E-state index is 13.2. The molecule has 5 nitrogen and oxygen atoms in total. The summed E-state index contributed by atoms with van der Waals surface area (Å²) in [7, 11) is 0. The monoisotopic (exact) mass is 391 g/mol. The Morgan fingerprint density at radius 1 is 1.00 bits per heavy atom. The molecule has 152 valence electrons. The highest BCUT2D eigenvalue weighted by Crippen LogP contribution is 2.32. The van der Waals surface area contributed by atoms with Crippen LogP contribution in [0.15, 0.2) is 48.5 Å². The number of amides is 2. The minimum absolute atomic E-state index is 0.0553. The molecular weight excluding hydrogens is 362 g/mol. The maximum Gasteiger partial charge on any atom is 0.253 e. The normalized spacial score (nSPS) is 17.5. The van der Waals surface area contributed by atoms with Gasteiger partial charge in [0.25, 0.3) is 5.91 Å². The van der Waals surface area contributed by atoms with Gasteiger partial charge in [-0.1, -0.05) is 30.3 Å². The first-order valence-electron chi connectivity index (χ1n) is 10.7. The highest BCUT2D eigenvalue weighted by Gasteiger charge is 2.30. The molecule has 1 saturated heterocycles. The Morgan fingerprint density at radius 3 is 2.41 bits per heavy atom. The molecule has 0 bridgehead atoms. The molecule has 1 unspecified atom stereocenters. The molecule has 2 amide bonds. The Hall–Kier alpha value is -2.82. The van der Waals surface area contributed by atoms with Gasteiger partial charge in [-0.25, -0.2) is 0 Å². The van der Waals surface area contributed by atoms with Gasteiger partial charge >= 0.3 is 0 Å². The number of piperidine rings is 1. The lowest BCUT2D eigenvalue weighted by Crippen LogP contribution is -2.33. The third kappa shape index (κ3) is 4.78. The van der Waals surface area contributed by atoms with Crippen molar-refractivity contribution in [1.29, 1.82) is 0 Å². The Bertz CT molecular complexity index is 871. The molecule has 4 rings (SSSR count). The molecule has 2 aliphatic rings. The number of rotatable bonds is 6. The fourth-order valence-corrected chi connectivity index (χ4v) is 3.90. The number of carbonyl (C=O) groups excluding carboxylic acids is 2. The first-order chi connectivity index (χ1) is 14.1. The Labute approximate surface area is 172 Å². The summed E-state index contributed by atoms with van der Waals surface area (Å²) in [5.74, 6) is 0.0799. The highest BCUT2D eigenvalue weighted by molar-refractivity contribution is 6.02. The van der Waals surface area contributed by atoms with E-state index in [1.54, 1.807) is 0 Å². The van der Waals surface area contributed by atoms with Gasteiger partial charge in [0.1, 0.15) is 0 Å². The van der Waals surface area contributed by atoms with Crippen molar-refractivity contribution < 1.29 is 9.59 Å². The van der Waals surface area contributed by atoms with Crippen molar-refractivity contribution in [1.82, 2.24) is 5.32 Å². The number of nitrogens with zero attached hydrogens (tertiary/aromatic N) is 1. The molecule has 2 aromatic carbocycles. The lowest BCUT2D eigenvalue weighted by atomic mass is 10.0. The maximum atomic E-state index is 13.2. The summed E-state index contributed by atoms with van der Waals surface area (Å²) >= 11 is 0. The number of nitrogens with one attached hydrogen (secondary N) is 2. The third-order valence-corrected chi connectivity index (χ3v) is 5.80. The van der Waals surface area contributed by atoms with Gasteiger partial charge in [-0.3, -0.25) is 9.59 Å². The second-order valence-corrected chi connectivity index (χ2v) is 8.15. The fraction of sp³-hybridized carbons (Fsp3) is 0.417. The lowest BCUT2D eigenvalue weighted by molar-refractivity contribution is -0.117. The Kier molecular flexibility index (Phi) is 5.84. The first kappa shape index (κ1) is 19.5. The molecule has 1 aliphatic carbocycles. The summed E-state index contributed by atoms with van der Waals surface area (Å²) < 4.78 is 0. The van der Waals surface area contributed by atoms with Crippen LogP contribution >= 0.6 is 0 Å². The van der Waals surface area contributed by atoms with Crippen LogP contribution in [0.4, 0.5) is 11.4 Å². The van der Waals surface area contributed by atoms with Gasteiger partial charge in [-0.05, 0) is 62.8 Å². The molecule has 1 aliphatic heterocycles. The van der Waals surface area contributed by atoms with Crippen LogP contribution in [0.2, 0.25) is 0 Å². The summed E-state index contributed by atoms with van der Waals surface area (Å²) in [5, 5.41) is 6.11. The zero-order valence-electron chi connectivity index (χ0n) is 17.0. The first-order valence-corrected chi connectivity index (χ1v) is 10.7. The van der Waals surface area contributed by atoms with Crippen molar-refractivity contribution in [3.8, 4) is 0 Å². The number of carbonyl (C=O) groups is 2. The quantitative estimate of drug-likeness (QED) is 0.761. The van der Waals surface area contributed by atoms with Gasteiger partial charge in [0.05, 0.1) is 11.6 Å². The molecule has 1 saturated carbocycles. The predicted octanol–water partition coefficient (Wildman–Crippen LogP) is 4.52. The second-order valence-electron chi connectivity index (χ2n) is 8.15. The smallest absolute Gasteiger partial charge is 0.253 e. The van der Waals surface area contributed by atoms with E-state index in [9.17, 15) is 9.59 Å². The number of benzene rings is 2. The molecule has 0 spiro atoms. The van der Waals surface area contributed by atoms with E-state index in [1.165, 1.54) is 6.42 Å². The van der Waals surface area contributed by atoms with E-state index in [0.29, 0.717) is 11.3 Å². The summed E-state index contributed by atoms with van der Waals surface area (Å²) in [6.45, 7) is 3.91. The number of hydrogen-bond donors (Lipinski definition) is 2. The number of anilines is 2. The highest BCUT2D eigenvalue weighted by atomic mass is 16.2. The number of hydrogen-bond acceptors (Lipinski definition) is 3. The summed E-state index contributed by atoms with van der Waals surface area (Å²) in [5.41, 5.74) is 3.34. The van der Waals surface area contributed by atoms with Crippen LogP contribution < -0.4 is 15.5 Å². The molecule has 0 aromatic heterocycles. The molecule has 2 N–H and O–H groups in total. The summed E-state index contributed by atoms with van der Waals surface area (Å²) in [4.78, 5) is 27.7. The minimum Gasteiger partial charge on any atom is -0.371 e. The Balaban J connectivity index is 1.58. The molecule has 29 heavy (non-hydrogen) atoms. The van der Waals surface area contributed by atoms with Crippen molar-refractivity contribution in [2.24, 2.45) is 5.92 Å². The summed E-state index contributed by atoms with van der Waals surface area (Å²) in [6.07, 6.45) is 5.43. The second kappa shape index (κ2) is 8.68. The van der Waals surface area contributed by atoms with E-state index in [0.717, 1.165) is 50.0 Å². The van der Waals surface area contributed by atoms with Crippen molar-refractivity contribution in [2.45, 2.75) is 45.1 Å². The molecule has 0 radical (unpaired) electrons. The van der Waals surface area contributed by atoms with Crippen LogP contribution in [0.5, 0.6) is 0 Å². The van der Waals surface area contributed by atoms with Gasteiger partial charge in [-0.2, -0.15) is 0 Å². The van der Waals surface area contributed by atoms with Crippen molar-refractivity contribution in [3.63, 3.8) is 0 Å². The van der Waals surface area contributed by atoms with Crippen molar-refractivity contribution in [3.05, 3.63) is 59.7 Å². The van der Waals surface area contributed by atoms with Gasteiger partial charge in [0, 0.05) is 30.4 Å². The van der Waals surface area contributed by atoms with Gasteiger partial charge in [0.2, 0.25) is 5.91 Å². The van der Waals surface area contributed by atoms with E-state index in [1.807, 2.05) is 55.5 Å². The van der Waals surface area contributed by atoms with E-state index in [2.05, 4.69) is 15.5 Å². The standard InChI is InChI=1S/C24H29N3O2/c1-17(18-8-4-2-5-9-18)25-24(29)21-16-20(26-23(28)19-10-11-19)12-13-22(21)27-14-6-3-7-15-27/h2,4-5,8-9,12-13,16-17,19H,3,6-7,10-11,14-15H2,1H3,(H,25,29)(H,26,28). The van der Waals surface area contributed by atoms with E-state index in [-0.39, 0.29) is 23.8 Å². The van der Waals surface area contributed by atoms with Crippen LogP contribution in [-0.2, 0) is 4.79 Å². The van der Waals surface area contributed by atoms with Gasteiger partial charge in [0.15, 0.2) is 0 Å². The fourth-order valence-electron chi connectivity index (χ4n) is 3.90. The molecule has 5 heteroatoms. The zero-order chi connectivity index (χ0) is 20.2. The van der Waals surface area contributed by atoms with E-state index >= 15 is 0 Å². The van der Waals surface area contributed by atoms with Crippen LogP contribution in [0, 0.1) is 5.92 Å². The van der Waals surface area contributed by atoms with Crippen LogP contribution in [-0.4, -0.2) is 24.9 Å². The zero-order valence-corrected chi connectivity index (χ0v) is 17.0. The predicted molar refractivity (Wildman–Crippen MR) is 116 cm³/mol. The van der Waals surface area contributed by atoms with Gasteiger partial charge in [-0.15, -0.1) is 0 Å². The molecule has 1 atom stereocenters. The average Bonchev–Trinajstić information content (AvgIpc) is 3.60. The molecule has 2 aromatic rings. The van der Waals surface area contributed by atoms with E-state index < -0.39 is 0 Å². The van der Waals surface area contributed by atoms with Crippen molar-refractivity contribution in [2.75, 3.05) is 23.3 Å². The Morgan fingerprint density at radius 2 is 1.72 bits per heavy atom. The van der Waals surface area contributed by atoms with Crippen molar-refractivity contribution >= 4 is 23.2 Å². The minimum atomic E-state index is -0.107. The van der Waals surface area contributed by atoms with Crippen LogP contribution in [0.25, 0.3) is 0 Å². The lowest BCUT2D eigenvalue weighted by Gasteiger charge is -2.31. The average molecular weight is 392 g/mol.